The first kappa shape index (κ1) is 15.3. The molecule has 0 N–H and O–H groups in total. The summed E-state index contributed by atoms with van der Waals surface area (Å²) in [5, 5.41) is 1.01. The molecule has 0 spiro atoms. The van der Waals surface area contributed by atoms with Crippen LogP contribution in [0.25, 0.3) is 0 Å². The molecule has 0 fully saturated rings. The van der Waals surface area contributed by atoms with Gasteiger partial charge in [-0.1, -0.05) is 78.1 Å². The maximum Gasteiger partial charge on any atom is 0.0207 e. The molecule has 2 aromatic rings. The Bertz CT molecular complexity index is 537. The third-order valence-electron chi connectivity index (χ3n) is 3.10. The summed E-state index contributed by atoms with van der Waals surface area (Å²) in [4.78, 5) is 0. The van der Waals surface area contributed by atoms with E-state index in [0.29, 0.717) is 5.92 Å². The first-order valence-electron chi connectivity index (χ1n) is 6.23. The van der Waals surface area contributed by atoms with Gasteiger partial charge in [-0.15, -0.1) is 0 Å². The summed E-state index contributed by atoms with van der Waals surface area (Å²) in [6.45, 7) is 0. The van der Waals surface area contributed by atoms with Gasteiger partial charge in [-0.3, -0.25) is 0 Å². The van der Waals surface area contributed by atoms with Crippen molar-refractivity contribution in [3.05, 3.63) is 68.6 Å². The van der Waals surface area contributed by atoms with E-state index in [1.807, 2.05) is 0 Å². The molecule has 1 atom stereocenters. The molecule has 0 aromatic heterocycles. The Kier molecular flexibility index (Phi) is 6.11. The topological polar surface area (TPSA) is 0 Å². The Morgan fingerprint density at radius 1 is 0.895 bits per heavy atom. The molecule has 0 aliphatic carbocycles. The molecule has 19 heavy (non-hydrogen) atoms. The van der Waals surface area contributed by atoms with E-state index in [4.69, 9.17) is 0 Å². The molecule has 0 aliphatic rings. The van der Waals surface area contributed by atoms with E-state index in [9.17, 15) is 0 Å². The average molecular weight is 447 g/mol. The predicted molar refractivity (Wildman–Crippen MR) is 93.0 cm³/mol. The second kappa shape index (κ2) is 7.61. The van der Waals surface area contributed by atoms with Gasteiger partial charge in [0.25, 0.3) is 0 Å². The zero-order chi connectivity index (χ0) is 13.7. The molecule has 3 heteroatoms. The summed E-state index contributed by atoms with van der Waals surface area (Å²) in [7, 11) is 0. The van der Waals surface area contributed by atoms with Crippen molar-refractivity contribution >= 4 is 47.8 Å². The Morgan fingerprint density at radius 3 is 2.37 bits per heavy atom. The van der Waals surface area contributed by atoms with Gasteiger partial charge in [0.05, 0.1) is 0 Å². The number of alkyl halides is 1. The van der Waals surface area contributed by atoms with Crippen molar-refractivity contribution in [2.45, 2.75) is 12.8 Å². The quantitative estimate of drug-likeness (QED) is 0.493. The Balaban J connectivity index is 2.07. The molecular weight excluding hydrogens is 432 g/mol. The van der Waals surface area contributed by atoms with E-state index in [1.165, 1.54) is 15.6 Å². The number of hydrogen-bond donors (Lipinski definition) is 0. The van der Waals surface area contributed by atoms with E-state index in [2.05, 4.69) is 96.3 Å². The van der Waals surface area contributed by atoms with Crippen LogP contribution in [-0.4, -0.2) is 5.33 Å². The van der Waals surface area contributed by atoms with Gasteiger partial charge >= 0.3 is 0 Å². The lowest BCUT2D eigenvalue weighted by Crippen LogP contribution is -2.10. The molecule has 0 bridgehead atoms. The lowest BCUT2D eigenvalue weighted by Gasteiger charge is -2.15. The standard InChI is InChI=1S/C16H15Br3/c17-11-13(8-12-4-3-6-15(18)10-12)9-14-5-1-2-7-16(14)19/h1-7,10,13H,8-9,11H2. The molecule has 0 nitrogen and oxygen atoms in total. The van der Waals surface area contributed by atoms with E-state index in [-0.39, 0.29) is 0 Å². The van der Waals surface area contributed by atoms with Crippen molar-refractivity contribution in [2.24, 2.45) is 5.92 Å². The summed E-state index contributed by atoms with van der Waals surface area (Å²) in [5.41, 5.74) is 2.76. The third kappa shape index (κ3) is 4.73. The summed E-state index contributed by atoms with van der Waals surface area (Å²) in [5.74, 6) is 0.605. The van der Waals surface area contributed by atoms with Crippen LogP contribution in [0, 0.1) is 5.92 Å². The van der Waals surface area contributed by atoms with Gasteiger partial charge in [-0.05, 0) is 48.1 Å². The molecule has 0 saturated carbocycles. The van der Waals surface area contributed by atoms with Gasteiger partial charge in [0.2, 0.25) is 0 Å². The number of benzene rings is 2. The van der Waals surface area contributed by atoms with Crippen molar-refractivity contribution in [1.82, 2.24) is 0 Å². The van der Waals surface area contributed by atoms with Crippen molar-refractivity contribution in [3.63, 3.8) is 0 Å². The maximum absolute atomic E-state index is 3.65. The Labute approximate surface area is 140 Å². The van der Waals surface area contributed by atoms with Crippen LogP contribution in [0.3, 0.4) is 0 Å². The van der Waals surface area contributed by atoms with Crippen LogP contribution < -0.4 is 0 Å². The SMILES string of the molecule is BrCC(Cc1cccc(Br)c1)Cc1ccccc1Br. The van der Waals surface area contributed by atoms with Crippen molar-refractivity contribution in [1.29, 1.82) is 0 Å². The minimum absolute atomic E-state index is 0.605. The molecule has 2 aromatic carbocycles. The second-order valence-electron chi connectivity index (χ2n) is 4.65. The molecule has 0 radical (unpaired) electrons. The first-order valence-corrected chi connectivity index (χ1v) is 8.93. The third-order valence-corrected chi connectivity index (χ3v) is 5.28. The highest BCUT2D eigenvalue weighted by Gasteiger charge is 2.11. The van der Waals surface area contributed by atoms with Crippen molar-refractivity contribution in [2.75, 3.05) is 5.33 Å². The molecular formula is C16H15Br3. The van der Waals surface area contributed by atoms with Gasteiger partial charge in [-0.2, -0.15) is 0 Å². The maximum atomic E-state index is 3.65. The van der Waals surface area contributed by atoms with Gasteiger partial charge < -0.3 is 0 Å². The molecule has 0 heterocycles. The summed E-state index contributed by atoms with van der Waals surface area (Å²) >= 11 is 10.8. The zero-order valence-electron chi connectivity index (χ0n) is 10.5. The fraction of sp³-hybridized carbons (Fsp3) is 0.250. The fourth-order valence-corrected chi connectivity index (χ4v) is 3.50. The second-order valence-corrected chi connectivity index (χ2v) is 7.07. The van der Waals surface area contributed by atoms with Crippen LogP contribution >= 0.6 is 47.8 Å². The van der Waals surface area contributed by atoms with Crippen LogP contribution in [0.15, 0.2) is 57.5 Å². The highest BCUT2D eigenvalue weighted by Crippen LogP contribution is 2.23. The average Bonchev–Trinajstić information content (AvgIpc) is 2.40. The first-order chi connectivity index (χ1) is 9.19. The van der Waals surface area contributed by atoms with Crippen LogP contribution in [0.4, 0.5) is 0 Å². The van der Waals surface area contributed by atoms with E-state index in [1.54, 1.807) is 0 Å². The van der Waals surface area contributed by atoms with Crippen molar-refractivity contribution in [3.8, 4) is 0 Å². The highest BCUT2D eigenvalue weighted by molar-refractivity contribution is 9.10. The number of hydrogen-bond acceptors (Lipinski definition) is 0. The van der Waals surface area contributed by atoms with E-state index >= 15 is 0 Å². The zero-order valence-corrected chi connectivity index (χ0v) is 15.2. The Morgan fingerprint density at radius 2 is 1.68 bits per heavy atom. The minimum Gasteiger partial charge on any atom is -0.0925 e. The molecule has 0 saturated heterocycles. The van der Waals surface area contributed by atoms with Gasteiger partial charge in [0, 0.05) is 14.3 Å². The van der Waals surface area contributed by atoms with Gasteiger partial charge in [0.15, 0.2) is 0 Å². The summed E-state index contributed by atoms with van der Waals surface area (Å²) in [6.07, 6.45) is 2.17. The molecule has 2 rings (SSSR count). The number of halogens is 3. The number of rotatable bonds is 5. The molecule has 1 unspecified atom stereocenters. The van der Waals surface area contributed by atoms with Crippen LogP contribution in [0.1, 0.15) is 11.1 Å². The van der Waals surface area contributed by atoms with Gasteiger partial charge in [0.1, 0.15) is 0 Å². The lowest BCUT2D eigenvalue weighted by molar-refractivity contribution is 0.590. The van der Waals surface area contributed by atoms with Crippen LogP contribution in [0.5, 0.6) is 0 Å². The molecule has 100 valence electrons. The lowest BCUT2D eigenvalue weighted by atomic mass is 9.94. The van der Waals surface area contributed by atoms with Crippen LogP contribution in [0.2, 0.25) is 0 Å². The molecule has 0 amide bonds. The Hall–Kier alpha value is -0.120. The van der Waals surface area contributed by atoms with E-state index < -0.39 is 0 Å². The summed E-state index contributed by atoms with van der Waals surface area (Å²) in [6, 6.07) is 17.0. The highest BCUT2D eigenvalue weighted by atomic mass is 79.9. The molecule has 0 aliphatic heterocycles. The van der Waals surface area contributed by atoms with E-state index in [0.717, 1.165) is 22.6 Å². The monoisotopic (exact) mass is 444 g/mol. The minimum atomic E-state index is 0.605. The fourth-order valence-electron chi connectivity index (χ4n) is 2.15. The largest absolute Gasteiger partial charge is 0.0925 e. The van der Waals surface area contributed by atoms with Gasteiger partial charge in [-0.25, -0.2) is 0 Å². The summed E-state index contributed by atoms with van der Waals surface area (Å²) < 4.78 is 2.36. The predicted octanol–water partition coefficient (Wildman–Crippen LogP) is 6.01. The van der Waals surface area contributed by atoms with Crippen LogP contribution in [-0.2, 0) is 12.8 Å². The smallest absolute Gasteiger partial charge is 0.0207 e. The normalized spacial score (nSPS) is 12.4. The van der Waals surface area contributed by atoms with Crippen molar-refractivity contribution < 1.29 is 0 Å².